The number of carbonyl (C=O) groups is 1. The molecule has 0 bridgehead atoms. The molecule has 0 aliphatic carbocycles. The molecule has 1 aliphatic rings. The van der Waals surface area contributed by atoms with Gasteiger partial charge in [0.1, 0.15) is 5.75 Å². The molecule has 1 aliphatic heterocycles. The number of hydrogen-bond donors (Lipinski definition) is 2. The first kappa shape index (κ1) is 10.3. The number of halogens is 1. The fourth-order valence-electron chi connectivity index (χ4n) is 1.43. The van der Waals surface area contributed by atoms with Crippen LogP contribution in [-0.4, -0.2) is 23.7 Å². The first-order valence-corrected chi connectivity index (χ1v) is 4.96. The van der Waals surface area contributed by atoms with Gasteiger partial charge in [-0.25, -0.2) is 0 Å². The third-order valence-corrected chi connectivity index (χ3v) is 2.39. The number of fused-ring (bicyclic) bond motifs is 1. The Balaban J connectivity index is 2.26. The summed E-state index contributed by atoms with van der Waals surface area (Å²) >= 11 is 5.78. The highest BCUT2D eigenvalue weighted by Crippen LogP contribution is 2.32. The zero-order chi connectivity index (χ0) is 10.8. The summed E-state index contributed by atoms with van der Waals surface area (Å²) in [4.78, 5) is 11.5. The Morgan fingerprint density at radius 3 is 3.07 bits per heavy atom. The molecule has 1 heterocycles. The highest BCUT2D eigenvalue weighted by Gasteiger charge is 2.26. The predicted octanol–water partition coefficient (Wildman–Crippen LogP) is 1.42. The van der Waals surface area contributed by atoms with E-state index < -0.39 is 6.10 Å². The topological polar surface area (TPSA) is 58.6 Å². The van der Waals surface area contributed by atoms with Crippen LogP contribution in [0.5, 0.6) is 5.75 Å². The SMILES string of the molecule is O=C1Nc2cc(Cl)ccc2O[C@@H]1CCO. The Hall–Kier alpha value is -1.26. The number of hydrogen-bond acceptors (Lipinski definition) is 3. The van der Waals surface area contributed by atoms with Gasteiger partial charge in [-0.2, -0.15) is 0 Å². The van der Waals surface area contributed by atoms with Gasteiger partial charge in [0.25, 0.3) is 5.91 Å². The van der Waals surface area contributed by atoms with Crippen molar-refractivity contribution in [2.24, 2.45) is 0 Å². The normalized spacial score (nSPS) is 19.1. The smallest absolute Gasteiger partial charge is 0.265 e. The number of rotatable bonds is 2. The standard InChI is InChI=1S/C10H10ClNO3/c11-6-1-2-8-7(5-6)12-10(14)9(15-8)3-4-13/h1-2,5,9,13H,3-4H2,(H,12,14)/t9-/m1/s1. The molecular weight excluding hydrogens is 218 g/mol. The number of anilines is 1. The van der Waals surface area contributed by atoms with E-state index in [1.165, 1.54) is 0 Å². The van der Waals surface area contributed by atoms with Crippen LogP contribution >= 0.6 is 11.6 Å². The summed E-state index contributed by atoms with van der Waals surface area (Å²) in [6, 6.07) is 5.01. The maximum Gasteiger partial charge on any atom is 0.265 e. The van der Waals surface area contributed by atoms with Crippen molar-refractivity contribution < 1.29 is 14.6 Å². The Kier molecular flexibility index (Phi) is 2.79. The molecule has 0 aromatic heterocycles. The van der Waals surface area contributed by atoms with E-state index >= 15 is 0 Å². The summed E-state index contributed by atoms with van der Waals surface area (Å²) in [6.07, 6.45) is -0.336. The lowest BCUT2D eigenvalue weighted by Gasteiger charge is -2.25. The number of nitrogens with one attached hydrogen (secondary N) is 1. The van der Waals surface area contributed by atoms with Gasteiger partial charge in [-0.05, 0) is 18.2 Å². The minimum absolute atomic E-state index is 0.0823. The second kappa shape index (κ2) is 4.08. The number of benzene rings is 1. The van der Waals surface area contributed by atoms with Gasteiger partial charge < -0.3 is 15.2 Å². The lowest BCUT2D eigenvalue weighted by atomic mass is 10.2. The highest BCUT2D eigenvalue weighted by atomic mass is 35.5. The third-order valence-electron chi connectivity index (χ3n) is 2.15. The second-order valence-corrected chi connectivity index (χ2v) is 3.68. The third kappa shape index (κ3) is 2.06. The zero-order valence-corrected chi connectivity index (χ0v) is 8.62. The van der Waals surface area contributed by atoms with Crippen molar-refractivity contribution in [2.45, 2.75) is 12.5 Å². The molecule has 0 saturated heterocycles. The first-order chi connectivity index (χ1) is 7.20. The van der Waals surface area contributed by atoms with Gasteiger partial charge in [-0.3, -0.25) is 4.79 Å². The van der Waals surface area contributed by atoms with Crippen LogP contribution in [0.3, 0.4) is 0 Å². The van der Waals surface area contributed by atoms with Crippen molar-refractivity contribution in [1.29, 1.82) is 0 Å². The average Bonchev–Trinajstić information content (AvgIpc) is 2.20. The largest absolute Gasteiger partial charge is 0.478 e. The summed E-state index contributed by atoms with van der Waals surface area (Å²) in [5, 5.41) is 12.0. The molecule has 0 unspecified atom stereocenters. The summed E-state index contributed by atoms with van der Waals surface area (Å²) in [7, 11) is 0. The summed E-state index contributed by atoms with van der Waals surface area (Å²) in [5.41, 5.74) is 0.571. The number of ether oxygens (including phenoxy) is 1. The quantitative estimate of drug-likeness (QED) is 0.804. The lowest BCUT2D eigenvalue weighted by molar-refractivity contribution is -0.124. The molecule has 0 radical (unpaired) electrons. The van der Waals surface area contributed by atoms with Gasteiger partial charge in [-0.15, -0.1) is 0 Å². The fourth-order valence-corrected chi connectivity index (χ4v) is 1.60. The molecule has 15 heavy (non-hydrogen) atoms. The van der Waals surface area contributed by atoms with Crippen LogP contribution in [0.1, 0.15) is 6.42 Å². The van der Waals surface area contributed by atoms with Crippen molar-refractivity contribution in [3.8, 4) is 5.75 Å². The van der Waals surface area contributed by atoms with Gasteiger partial charge in [-0.1, -0.05) is 11.6 Å². The summed E-state index contributed by atoms with van der Waals surface area (Å²) in [6.45, 7) is -0.0823. The van der Waals surface area contributed by atoms with Crippen LogP contribution in [0.2, 0.25) is 5.02 Å². The van der Waals surface area contributed by atoms with Crippen molar-refractivity contribution in [1.82, 2.24) is 0 Å². The Labute approximate surface area is 91.8 Å². The molecule has 4 nitrogen and oxygen atoms in total. The minimum atomic E-state index is -0.622. The van der Waals surface area contributed by atoms with Crippen LogP contribution in [-0.2, 0) is 4.79 Å². The highest BCUT2D eigenvalue weighted by molar-refractivity contribution is 6.31. The van der Waals surface area contributed by atoms with E-state index in [1.807, 2.05) is 0 Å². The van der Waals surface area contributed by atoms with Gasteiger partial charge in [0.05, 0.1) is 5.69 Å². The van der Waals surface area contributed by atoms with E-state index in [0.29, 0.717) is 16.5 Å². The summed E-state index contributed by atoms with van der Waals surface area (Å²) in [5.74, 6) is 0.330. The number of aliphatic hydroxyl groups is 1. The minimum Gasteiger partial charge on any atom is -0.478 e. The van der Waals surface area contributed by atoms with E-state index in [9.17, 15) is 4.79 Å². The Morgan fingerprint density at radius 2 is 2.33 bits per heavy atom. The Bertz CT molecular complexity index is 394. The molecule has 1 aromatic carbocycles. The molecule has 0 spiro atoms. The molecule has 80 valence electrons. The van der Waals surface area contributed by atoms with Gasteiger partial charge in [0, 0.05) is 18.1 Å². The molecule has 1 amide bonds. The van der Waals surface area contributed by atoms with Crippen LogP contribution in [0.15, 0.2) is 18.2 Å². The zero-order valence-electron chi connectivity index (χ0n) is 7.87. The molecule has 5 heteroatoms. The maximum absolute atomic E-state index is 11.5. The van der Waals surface area contributed by atoms with Crippen LogP contribution in [0, 0.1) is 0 Å². The molecule has 1 aromatic rings. The van der Waals surface area contributed by atoms with Gasteiger partial charge >= 0.3 is 0 Å². The van der Waals surface area contributed by atoms with Crippen molar-refractivity contribution in [3.05, 3.63) is 23.2 Å². The molecule has 0 fully saturated rings. The molecule has 0 saturated carbocycles. The number of aliphatic hydroxyl groups excluding tert-OH is 1. The van der Waals surface area contributed by atoms with Crippen LogP contribution in [0.25, 0.3) is 0 Å². The van der Waals surface area contributed by atoms with Gasteiger partial charge in [0.2, 0.25) is 0 Å². The van der Waals surface area contributed by atoms with E-state index in [0.717, 1.165) is 0 Å². The number of amides is 1. The maximum atomic E-state index is 11.5. The van der Waals surface area contributed by atoms with E-state index in [4.69, 9.17) is 21.4 Å². The number of carbonyl (C=O) groups excluding carboxylic acids is 1. The van der Waals surface area contributed by atoms with Crippen LogP contribution in [0.4, 0.5) is 5.69 Å². The van der Waals surface area contributed by atoms with E-state index in [1.54, 1.807) is 18.2 Å². The van der Waals surface area contributed by atoms with E-state index in [2.05, 4.69) is 5.32 Å². The molecule has 1 atom stereocenters. The first-order valence-electron chi connectivity index (χ1n) is 4.58. The predicted molar refractivity (Wildman–Crippen MR) is 56.2 cm³/mol. The molecule has 2 N–H and O–H groups in total. The monoisotopic (exact) mass is 227 g/mol. The van der Waals surface area contributed by atoms with Crippen LogP contribution < -0.4 is 10.1 Å². The van der Waals surface area contributed by atoms with Crippen molar-refractivity contribution in [2.75, 3.05) is 11.9 Å². The lowest BCUT2D eigenvalue weighted by Crippen LogP contribution is -2.37. The van der Waals surface area contributed by atoms with Crippen molar-refractivity contribution in [3.63, 3.8) is 0 Å². The molecular formula is C10H10ClNO3. The average molecular weight is 228 g/mol. The van der Waals surface area contributed by atoms with Gasteiger partial charge in [0.15, 0.2) is 6.10 Å². The molecule has 2 rings (SSSR count). The Morgan fingerprint density at radius 1 is 1.53 bits per heavy atom. The fraction of sp³-hybridized carbons (Fsp3) is 0.300. The summed E-state index contributed by atoms with van der Waals surface area (Å²) < 4.78 is 5.41. The van der Waals surface area contributed by atoms with E-state index in [-0.39, 0.29) is 18.9 Å². The second-order valence-electron chi connectivity index (χ2n) is 3.25. The van der Waals surface area contributed by atoms with Crippen molar-refractivity contribution >= 4 is 23.2 Å².